The predicted octanol–water partition coefficient (Wildman–Crippen LogP) is 6.54. The van der Waals surface area contributed by atoms with Crippen LogP contribution >= 0.6 is 0 Å². The fraction of sp³-hybridized carbons (Fsp3) is 0.533. The molecule has 1 unspecified atom stereocenters. The second-order valence-electron chi connectivity index (χ2n) is 11.9. The van der Waals surface area contributed by atoms with Crippen molar-refractivity contribution in [1.29, 1.82) is 0 Å². The van der Waals surface area contributed by atoms with Gasteiger partial charge in [0.15, 0.2) is 0 Å². The number of piperidine rings is 1. The Morgan fingerprint density at radius 1 is 1.02 bits per heavy atom. The van der Waals surface area contributed by atoms with Crippen LogP contribution < -0.4 is 10.6 Å². The first-order chi connectivity index (χ1) is 19.7. The van der Waals surface area contributed by atoms with Crippen molar-refractivity contribution in [2.45, 2.75) is 83.4 Å². The van der Waals surface area contributed by atoms with E-state index in [1.54, 1.807) is 19.9 Å². The van der Waals surface area contributed by atoms with Crippen LogP contribution in [-0.2, 0) is 23.6 Å². The normalized spacial score (nSPS) is 18.7. The minimum atomic E-state index is -4.96. The fourth-order valence-electron chi connectivity index (χ4n) is 5.29. The molecule has 3 atom stereocenters. The number of carbonyl (C=O) groups excluding carboxylic acids is 2. The van der Waals surface area contributed by atoms with E-state index in [2.05, 4.69) is 10.6 Å². The van der Waals surface area contributed by atoms with E-state index in [1.807, 2.05) is 0 Å². The van der Waals surface area contributed by atoms with Gasteiger partial charge in [-0.05, 0) is 93.0 Å². The lowest BCUT2D eigenvalue weighted by Crippen LogP contribution is -2.52. The molecule has 0 radical (unpaired) electrons. The number of urea groups is 1. The van der Waals surface area contributed by atoms with Crippen LogP contribution in [0.5, 0.6) is 0 Å². The van der Waals surface area contributed by atoms with Gasteiger partial charge >= 0.3 is 18.4 Å². The summed E-state index contributed by atoms with van der Waals surface area (Å²) in [6, 6.07) is 4.17. The van der Waals surface area contributed by atoms with Gasteiger partial charge in [-0.1, -0.05) is 13.0 Å². The van der Waals surface area contributed by atoms with Crippen LogP contribution in [-0.4, -0.2) is 46.7 Å². The second kappa shape index (κ2) is 13.1. The van der Waals surface area contributed by atoms with Gasteiger partial charge in [0.05, 0.1) is 29.2 Å². The molecule has 3 rings (SSSR count). The maximum absolute atomic E-state index is 13.8. The highest BCUT2D eigenvalue weighted by Gasteiger charge is 2.37. The number of halogens is 7. The zero-order valence-corrected chi connectivity index (χ0v) is 24.3. The Morgan fingerprint density at radius 3 is 2.16 bits per heavy atom. The van der Waals surface area contributed by atoms with Crippen molar-refractivity contribution < 1.29 is 45.4 Å². The van der Waals surface area contributed by atoms with Gasteiger partial charge in [-0.2, -0.15) is 26.3 Å². The first kappa shape index (κ1) is 34.1. The van der Waals surface area contributed by atoms with Crippen molar-refractivity contribution in [2.24, 2.45) is 5.92 Å². The molecule has 238 valence electrons. The van der Waals surface area contributed by atoms with Gasteiger partial charge in [0.25, 0.3) is 0 Å². The number of aryl methyl sites for hydroxylation is 1. The summed E-state index contributed by atoms with van der Waals surface area (Å²) in [6.07, 6.45) is -9.49. The molecule has 1 saturated heterocycles. The number of nitrogens with zero attached hydrogens (tertiary/aromatic N) is 1. The highest BCUT2D eigenvalue weighted by Crippen LogP contribution is 2.37. The molecule has 1 aliphatic rings. The lowest BCUT2D eigenvalue weighted by molar-refractivity contribution is -0.143. The van der Waals surface area contributed by atoms with E-state index in [4.69, 9.17) is 0 Å². The molecule has 2 aromatic carbocycles. The number of rotatable bonds is 8. The first-order valence-corrected chi connectivity index (χ1v) is 13.8. The fourth-order valence-corrected chi connectivity index (χ4v) is 5.29. The summed E-state index contributed by atoms with van der Waals surface area (Å²) in [5.41, 5.74) is -2.92. The van der Waals surface area contributed by atoms with Crippen molar-refractivity contribution in [3.05, 3.63) is 70.0 Å². The summed E-state index contributed by atoms with van der Waals surface area (Å²) in [5.74, 6) is -1.33. The topological polar surface area (TPSA) is 81.7 Å². The summed E-state index contributed by atoms with van der Waals surface area (Å²) in [7, 11) is 0. The summed E-state index contributed by atoms with van der Waals surface area (Å²) in [5, 5.41) is 15.6. The Hall–Kier alpha value is -3.35. The van der Waals surface area contributed by atoms with E-state index >= 15 is 0 Å². The van der Waals surface area contributed by atoms with Gasteiger partial charge in [-0.25, -0.2) is 9.18 Å². The van der Waals surface area contributed by atoms with E-state index in [0.29, 0.717) is 36.1 Å². The van der Waals surface area contributed by atoms with Crippen molar-refractivity contribution in [2.75, 3.05) is 13.1 Å². The van der Waals surface area contributed by atoms with E-state index in [-0.39, 0.29) is 49.5 Å². The van der Waals surface area contributed by atoms with Crippen LogP contribution in [0.4, 0.5) is 35.5 Å². The third kappa shape index (κ3) is 9.84. The molecule has 0 aromatic heterocycles. The largest absolute Gasteiger partial charge is 0.416 e. The number of amides is 3. The summed E-state index contributed by atoms with van der Waals surface area (Å²) in [6.45, 7) is 6.48. The number of carbonyl (C=O) groups is 2. The quantitative estimate of drug-likeness (QED) is 0.294. The molecule has 2 aromatic rings. The molecule has 13 heteroatoms. The predicted molar refractivity (Wildman–Crippen MR) is 145 cm³/mol. The highest BCUT2D eigenvalue weighted by atomic mass is 19.4. The van der Waals surface area contributed by atoms with Crippen molar-refractivity contribution in [1.82, 2.24) is 15.5 Å². The van der Waals surface area contributed by atoms with Crippen LogP contribution in [0.15, 0.2) is 36.4 Å². The Kier molecular flexibility index (Phi) is 10.4. The SMILES string of the molecule is Cc1cc(F)ccc1[C@H]1C[C@@H](NC(=O)CC(C)(C)O)CCN1C(=O)NCC(C)Cc1cc(C(F)(F)F)cc(C(F)(F)F)c1. The van der Waals surface area contributed by atoms with Crippen LogP contribution in [0, 0.1) is 18.7 Å². The number of nitrogens with one attached hydrogen (secondary N) is 2. The molecule has 0 spiro atoms. The number of aliphatic hydroxyl groups is 1. The van der Waals surface area contributed by atoms with E-state index < -0.39 is 52.9 Å². The zero-order valence-electron chi connectivity index (χ0n) is 24.3. The average molecular weight is 620 g/mol. The Balaban J connectivity index is 1.73. The van der Waals surface area contributed by atoms with Crippen LogP contribution in [0.1, 0.15) is 73.9 Å². The van der Waals surface area contributed by atoms with Crippen LogP contribution in [0.3, 0.4) is 0 Å². The Bertz CT molecular complexity index is 1270. The second-order valence-corrected chi connectivity index (χ2v) is 11.9. The molecule has 0 aliphatic carbocycles. The third-order valence-corrected chi connectivity index (χ3v) is 7.25. The number of alkyl halides is 6. The van der Waals surface area contributed by atoms with Gasteiger partial charge < -0.3 is 20.6 Å². The Labute approximate surface area is 245 Å². The molecule has 1 heterocycles. The number of likely N-dealkylation sites (tertiary alicyclic amines) is 1. The number of hydrogen-bond acceptors (Lipinski definition) is 3. The molecule has 3 amide bonds. The molecule has 6 nitrogen and oxygen atoms in total. The maximum Gasteiger partial charge on any atom is 0.416 e. The van der Waals surface area contributed by atoms with Gasteiger partial charge in [-0.3, -0.25) is 4.79 Å². The number of hydrogen-bond donors (Lipinski definition) is 3. The molecule has 1 aliphatic heterocycles. The van der Waals surface area contributed by atoms with Crippen LogP contribution in [0.2, 0.25) is 0 Å². The Morgan fingerprint density at radius 2 is 1.63 bits per heavy atom. The molecular weight excluding hydrogens is 583 g/mol. The minimum Gasteiger partial charge on any atom is -0.390 e. The average Bonchev–Trinajstić information content (AvgIpc) is 2.85. The summed E-state index contributed by atoms with van der Waals surface area (Å²) >= 11 is 0. The maximum atomic E-state index is 13.8. The van der Waals surface area contributed by atoms with Gasteiger partial charge in [-0.15, -0.1) is 0 Å². The van der Waals surface area contributed by atoms with E-state index in [9.17, 15) is 45.4 Å². The van der Waals surface area contributed by atoms with Crippen molar-refractivity contribution >= 4 is 11.9 Å². The molecular formula is C30H36F7N3O3. The minimum absolute atomic E-state index is 0.0339. The van der Waals surface area contributed by atoms with Gasteiger partial charge in [0, 0.05) is 19.1 Å². The first-order valence-electron chi connectivity index (χ1n) is 13.8. The lowest BCUT2D eigenvalue weighted by atomic mass is 9.89. The molecule has 0 bridgehead atoms. The molecule has 0 saturated carbocycles. The van der Waals surface area contributed by atoms with Crippen LogP contribution in [0.25, 0.3) is 0 Å². The van der Waals surface area contributed by atoms with Crippen molar-refractivity contribution in [3.63, 3.8) is 0 Å². The molecule has 3 N–H and O–H groups in total. The smallest absolute Gasteiger partial charge is 0.390 e. The van der Waals surface area contributed by atoms with E-state index in [1.165, 1.54) is 30.9 Å². The third-order valence-electron chi connectivity index (χ3n) is 7.25. The summed E-state index contributed by atoms with van der Waals surface area (Å²) in [4.78, 5) is 27.3. The van der Waals surface area contributed by atoms with E-state index in [0.717, 1.165) is 0 Å². The number of benzene rings is 2. The highest BCUT2D eigenvalue weighted by molar-refractivity contribution is 5.77. The monoisotopic (exact) mass is 619 g/mol. The molecule has 43 heavy (non-hydrogen) atoms. The lowest BCUT2D eigenvalue weighted by Gasteiger charge is -2.40. The standard InChI is InChI=1S/C30H36F7N3O3/c1-17(9-19-11-20(29(32,33)34)13-21(12-19)30(35,36)37)16-38-27(42)40-8-7-23(39-26(41)15-28(3,4)43)14-25(40)24-6-5-22(31)10-18(24)2/h5-6,10-13,17,23,25,43H,7-9,14-16H2,1-4H3,(H,38,42)(H,39,41)/t17?,23-,25+/m0/s1. The van der Waals surface area contributed by atoms with Gasteiger partial charge in [0.1, 0.15) is 5.82 Å². The zero-order chi connectivity index (χ0) is 32.3. The molecule has 1 fully saturated rings. The van der Waals surface area contributed by atoms with Gasteiger partial charge in [0.2, 0.25) is 5.91 Å². The summed E-state index contributed by atoms with van der Waals surface area (Å²) < 4.78 is 93.3. The van der Waals surface area contributed by atoms with Crippen molar-refractivity contribution in [3.8, 4) is 0 Å².